The Morgan fingerprint density at radius 3 is 2.76 bits per heavy atom. The summed E-state index contributed by atoms with van der Waals surface area (Å²) < 4.78 is 5.16. The fraction of sp³-hybridized carbons (Fsp3) is 0.733. The number of ether oxygens (including phenoxy) is 1. The molecule has 1 N–H and O–H groups in total. The van der Waals surface area contributed by atoms with E-state index in [2.05, 4.69) is 24.1 Å². The van der Waals surface area contributed by atoms with Crippen molar-refractivity contribution in [3.8, 4) is 0 Å². The molecule has 0 aliphatic carbocycles. The van der Waals surface area contributed by atoms with Crippen LogP contribution in [-0.4, -0.2) is 48.6 Å². The summed E-state index contributed by atoms with van der Waals surface area (Å²) in [5.41, 5.74) is 0.901. The van der Waals surface area contributed by atoms with E-state index in [-0.39, 0.29) is 5.97 Å². The fourth-order valence-electron chi connectivity index (χ4n) is 2.41. The molecule has 2 rings (SSSR count). The lowest BCUT2D eigenvalue weighted by Gasteiger charge is -2.26. The van der Waals surface area contributed by atoms with Crippen molar-refractivity contribution in [1.29, 1.82) is 0 Å². The molecule has 1 aliphatic rings. The highest BCUT2D eigenvalue weighted by atomic mass is 32.1. The van der Waals surface area contributed by atoms with Gasteiger partial charge in [0, 0.05) is 26.2 Å². The molecule has 0 unspecified atom stereocenters. The van der Waals surface area contributed by atoms with Crippen LogP contribution in [0.15, 0.2) is 0 Å². The van der Waals surface area contributed by atoms with Crippen molar-refractivity contribution in [3.63, 3.8) is 0 Å². The van der Waals surface area contributed by atoms with Gasteiger partial charge in [-0.15, -0.1) is 11.3 Å². The van der Waals surface area contributed by atoms with E-state index < -0.39 is 0 Å². The fourth-order valence-corrected chi connectivity index (χ4v) is 3.44. The van der Waals surface area contributed by atoms with Crippen molar-refractivity contribution in [2.24, 2.45) is 5.92 Å². The van der Waals surface area contributed by atoms with Gasteiger partial charge in [-0.2, -0.15) is 0 Å². The molecule has 1 aliphatic heterocycles. The Bertz CT molecular complexity index is 467. The Balaban J connectivity index is 2.12. The molecule has 118 valence electrons. The summed E-state index contributed by atoms with van der Waals surface area (Å²) in [5, 5.41) is 4.37. The van der Waals surface area contributed by atoms with Crippen LogP contribution in [0, 0.1) is 5.92 Å². The van der Waals surface area contributed by atoms with E-state index in [1.54, 1.807) is 0 Å². The molecule has 0 bridgehead atoms. The number of nitrogens with one attached hydrogen (secondary N) is 1. The minimum Gasteiger partial charge on any atom is -0.462 e. The van der Waals surface area contributed by atoms with Crippen molar-refractivity contribution in [3.05, 3.63) is 15.6 Å². The summed E-state index contributed by atoms with van der Waals surface area (Å²) in [7, 11) is 0. The highest BCUT2D eigenvalue weighted by molar-refractivity contribution is 7.13. The van der Waals surface area contributed by atoms with Gasteiger partial charge in [0.05, 0.1) is 18.8 Å². The first-order chi connectivity index (χ1) is 10.1. The van der Waals surface area contributed by atoms with E-state index in [0.717, 1.165) is 49.8 Å². The van der Waals surface area contributed by atoms with Gasteiger partial charge in [0.25, 0.3) is 0 Å². The SMILES string of the molecule is CCOC(=O)c1sc(CN2CCNCC2)nc1CC(C)C. The van der Waals surface area contributed by atoms with Gasteiger partial charge in [0.15, 0.2) is 0 Å². The average molecular weight is 311 g/mol. The number of aromatic nitrogens is 1. The van der Waals surface area contributed by atoms with Crippen LogP contribution < -0.4 is 5.32 Å². The number of nitrogens with zero attached hydrogens (tertiary/aromatic N) is 2. The average Bonchev–Trinajstić information content (AvgIpc) is 2.82. The van der Waals surface area contributed by atoms with Crippen LogP contribution in [-0.2, 0) is 17.7 Å². The van der Waals surface area contributed by atoms with E-state index in [0.29, 0.717) is 17.4 Å². The summed E-state index contributed by atoms with van der Waals surface area (Å²) in [6.07, 6.45) is 0.826. The van der Waals surface area contributed by atoms with Gasteiger partial charge in [0.2, 0.25) is 0 Å². The van der Waals surface area contributed by atoms with Crippen LogP contribution in [0.25, 0.3) is 0 Å². The van der Waals surface area contributed by atoms with Crippen LogP contribution in [0.5, 0.6) is 0 Å². The molecule has 0 amide bonds. The molecule has 1 saturated heterocycles. The molecule has 0 saturated carbocycles. The molecule has 1 fully saturated rings. The first kappa shape index (κ1) is 16.4. The van der Waals surface area contributed by atoms with Gasteiger partial charge in [-0.25, -0.2) is 9.78 Å². The second-order valence-electron chi connectivity index (χ2n) is 5.73. The first-order valence-corrected chi connectivity index (χ1v) is 8.50. The standard InChI is InChI=1S/C15H25N3O2S/c1-4-20-15(19)14-12(9-11(2)3)17-13(21-14)10-18-7-5-16-6-8-18/h11,16H,4-10H2,1-3H3. The highest BCUT2D eigenvalue weighted by Crippen LogP contribution is 2.23. The molecular weight excluding hydrogens is 286 g/mol. The maximum atomic E-state index is 12.1. The van der Waals surface area contributed by atoms with Crippen molar-refractivity contribution in [1.82, 2.24) is 15.2 Å². The molecule has 1 aromatic heterocycles. The monoisotopic (exact) mass is 311 g/mol. The number of thiazole rings is 1. The Morgan fingerprint density at radius 2 is 2.14 bits per heavy atom. The summed E-state index contributed by atoms with van der Waals surface area (Å²) in [6.45, 7) is 11.5. The number of carbonyl (C=O) groups excluding carboxylic acids is 1. The smallest absolute Gasteiger partial charge is 0.350 e. The van der Waals surface area contributed by atoms with E-state index in [9.17, 15) is 4.79 Å². The summed E-state index contributed by atoms with van der Waals surface area (Å²) in [6, 6.07) is 0. The molecule has 1 aromatic rings. The lowest BCUT2D eigenvalue weighted by Crippen LogP contribution is -2.42. The van der Waals surface area contributed by atoms with Gasteiger partial charge < -0.3 is 10.1 Å². The summed E-state index contributed by atoms with van der Waals surface area (Å²) in [4.78, 5) is 19.8. The Morgan fingerprint density at radius 1 is 1.43 bits per heavy atom. The minimum atomic E-state index is -0.225. The molecule has 5 nitrogen and oxygen atoms in total. The first-order valence-electron chi connectivity index (χ1n) is 7.69. The third kappa shape index (κ3) is 4.76. The van der Waals surface area contributed by atoms with Crippen molar-refractivity contribution < 1.29 is 9.53 Å². The number of esters is 1. The molecule has 6 heteroatoms. The number of hydrogen-bond donors (Lipinski definition) is 1. The van der Waals surface area contributed by atoms with E-state index >= 15 is 0 Å². The lowest BCUT2D eigenvalue weighted by molar-refractivity contribution is 0.0530. The molecular formula is C15H25N3O2S. The second kappa shape index (κ2) is 7.87. The zero-order valence-corrected chi connectivity index (χ0v) is 14.0. The van der Waals surface area contributed by atoms with Gasteiger partial charge in [0.1, 0.15) is 9.88 Å². The number of rotatable bonds is 6. The van der Waals surface area contributed by atoms with Gasteiger partial charge in [-0.05, 0) is 19.3 Å². The topological polar surface area (TPSA) is 54.5 Å². The number of piperazine rings is 1. The Kier molecular flexibility index (Phi) is 6.14. The largest absolute Gasteiger partial charge is 0.462 e. The van der Waals surface area contributed by atoms with Crippen LogP contribution in [0.1, 0.15) is 41.1 Å². The predicted octanol–water partition coefficient (Wildman–Crippen LogP) is 1.92. The van der Waals surface area contributed by atoms with Gasteiger partial charge >= 0.3 is 5.97 Å². The van der Waals surface area contributed by atoms with Gasteiger partial charge in [-0.1, -0.05) is 13.8 Å². The third-order valence-corrected chi connectivity index (χ3v) is 4.43. The van der Waals surface area contributed by atoms with Crippen LogP contribution in [0.2, 0.25) is 0 Å². The Hall–Kier alpha value is -0.980. The number of carbonyl (C=O) groups is 1. The molecule has 2 heterocycles. The van der Waals surface area contributed by atoms with Gasteiger partial charge in [-0.3, -0.25) is 4.90 Å². The van der Waals surface area contributed by atoms with E-state index in [1.807, 2.05) is 6.92 Å². The lowest BCUT2D eigenvalue weighted by atomic mass is 10.1. The Labute approximate surface area is 130 Å². The predicted molar refractivity (Wildman–Crippen MR) is 84.8 cm³/mol. The maximum Gasteiger partial charge on any atom is 0.350 e. The van der Waals surface area contributed by atoms with E-state index in [4.69, 9.17) is 9.72 Å². The van der Waals surface area contributed by atoms with Crippen molar-refractivity contribution in [2.45, 2.75) is 33.7 Å². The molecule has 0 radical (unpaired) electrons. The van der Waals surface area contributed by atoms with E-state index in [1.165, 1.54) is 11.3 Å². The molecule has 0 atom stereocenters. The molecule has 0 spiro atoms. The maximum absolute atomic E-state index is 12.1. The quantitative estimate of drug-likeness (QED) is 0.814. The zero-order chi connectivity index (χ0) is 15.2. The van der Waals surface area contributed by atoms with Crippen molar-refractivity contribution >= 4 is 17.3 Å². The van der Waals surface area contributed by atoms with Crippen LogP contribution >= 0.6 is 11.3 Å². The summed E-state index contributed by atoms with van der Waals surface area (Å²) >= 11 is 1.50. The third-order valence-electron chi connectivity index (χ3n) is 3.37. The zero-order valence-electron chi connectivity index (χ0n) is 13.1. The van der Waals surface area contributed by atoms with Crippen LogP contribution in [0.4, 0.5) is 0 Å². The minimum absolute atomic E-state index is 0.225. The summed E-state index contributed by atoms with van der Waals surface area (Å²) in [5.74, 6) is 0.254. The molecule has 0 aromatic carbocycles. The normalized spacial score (nSPS) is 16.4. The van der Waals surface area contributed by atoms with Crippen LogP contribution in [0.3, 0.4) is 0 Å². The second-order valence-corrected chi connectivity index (χ2v) is 6.81. The highest BCUT2D eigenvalue weighted by Gasteiger charge is 2.21. The van der Waals surface area contributed by atoms with Crippen molar-refractivity contribution in [2.75, 3.05) is 32.8 Å². The number of hydrogen-bond acceptors (Lipinski definition) is 6. The molecule has 21 heavy (non-hydrogen) atoms.